The number of hydrogen-bond donors (Lipinski definition) is 1. The maximum Gasteiger partial charge on any atom is 0.294 e. The zero-order valence-corrected chi connectivity index (χ0v) is 12.5. The highest BCUT2D eigenvalue weighted by Gasteiger charge is 2.18. The van der Waals surface area contributed by atoms with Crippen LogP contribution >= 0.6 is 0 Å². The number of aromatic nitrogens is 3. The van der Waals surface area contributed by atoms with E-state index in [1.54, 1.807) is 28.8 Å². The smallest absolute Gasteiger partial charge is 0.289 e. The quantitative estimate of drug-likeness (QED) is 0.455. The molecule has 0 fully saturated rings. The Kier molecular flexibility index (Phi) is 3.23. The maximum absolute atomic E-state index is 13.2. The molecular formula is C18H13F2N4+. The highest BCUT2D eigenvalue weighted by atomic mass is 19.1. The van der Waals surface area contributed by atoms with Crippen LogP contribution in [0.1, 0.15) is 0 Å². The molecule has 0 unspecified atom stereocenters. The molecule has 0 amide bonds. The second-order valence-electron chi connectivity index (χ2n) is 5.46. The molecule has 118 valence electrons. The van der Waals surface area contributed by atoms with Gasteiger partial charge in [0.25, 0.3) is 12.0 Å². The summed E-state index contributed by atoms with van der Waals surface area (Å²) >= 11 is 0. The Bertz CT molecular complexity index is 1020. The number of pyridine rings is 1. The van der Waals surface area contributed by atoms with Gasteiger partial charge < -0.3 is 0 Å². The van der Waals surface area contributed by atoms with Crippen LogP contribution in [0.3, 0.4) is 0 Å². The number of nitrogens with two attached hydrogens (primary N) is 1. The summed E-state index contributed by atoms with van der Waals surface area (Å²) in [5.74, 6) is 5.36. The van der Waals surface area contributed by atoms with Gasteiger partial charge in [-0.15, -0.1) is 4.68 Å². The Balaban J connectivity index is 1.98. The zero-order chi connectivity index (χ0) is 16.7. The van der Waals surface area contributed by atoms with E-state index < -0.39 is 0 Å². The molecule has 0 aliphatic carbocycles. The molecule has 6 heteroatoms. The lowest BCUT2D eigenvalue weighted by atomic mass is 10.0. The number of hydrogen-bond acceptors (Lipinski definition) is 2. The highest BCUT2D eigenvalue weighted by molar-refractivity contribution is 5.80. The molecule has 4 aromatic rings. The number of halogens is 2. The van der Waals surface area contributed by atoms with Gasteiger partial charge in [-0.05, 0) is 41.5 Å². The number of nitrogen functional groups attached to an aromatic ring is 1. The summed E-state index contributed by atoms with van der Waals surface area (Å²) in [4.78, 5) is 0. The van der Waals surface area contributed by atoms with Crippen molar-refractivity contribution in [1.82, 2.24) is 9.61 Å². The largest absolute Gasteiger partial charge is 0.294 e. The lowest BCUT2D eigenvalue weighted by Gasteiger charge is -2.06. The average Bonchev–Trinajstić information content (AvgIpc) is 2.97. The second kappa shape index (κ2) is 5.42. The first-order valence-electron chi connectivity index (χ1n) is 7.32. The van der Waals surface area contributed by atoms with E-state index in [9.17, 15) is 8.78 Å². The number of benzene rings is 2. The van der Waals surface area contributed by atoms with Crippen LogP contribution in [-0.2, 0) is 0 Å². The summed E-state index contributed by atoms with van der Waals surface area (Å²) in [6.07, 6.45) is 3.32. The molecule has 0 atom stereocenters. The van der Waals surface area contributed by atoms with E-state index in [1.807, 2.05) is 12.3 Å². The standard InChI is InChI=1S/C18H13F2N4/c19-15-5-1-12(2-6-15)14-9-17(13-3-7-16(20)8-4-13)18-23(21)11-22-24(18)10-14/h1-11H,21H2/q+1. The first-order chi connectivity index (χ1) is 11.6. The van der Waals surface area contributed by atoms with Gasteiger partial charge in [-0.3, -0.25) is 5.84 Å². The highest BCUT2D eigenvalue weighted by Crippen LogP contribution is 2.28. The van der Waals surface area contributed by atoms with Gasteiger partial charge >= 0.3 is 0 Å². The van der Waals surface area contributed by atoms with E-state index in [2.05, 4.69) is 5.10 Å². The van der Waals surface area contributed by atoms with Crippen molar-refractivity contribution in [1.29, 1.82) is 0 Å². The lowest BCUT2D eigenvalue weighted by molar-refractivity contribution is -0.612. The Hall–Kier alpha value is -3.28. The molecule has 24 heavy (non-hydrogen) atoms. The summed E-state index contributed by atoms with van der Waals surface area (Å²) in [5.41, 5.74) is 3.99. The summed E-state index contributed by atoms with van der Waals surface area (Å²) in [6, 6.07) is 14.3. The molecule has 0 saturated heterocycles. The van der Waals surface area contributed by atoms with E-state index in [0.29, 0.717) is 5.65 Å². The van der Waals surface area contributed by atoms with Crippen molar-refractivity contribution in [2.75, 3.05) is 5.84 Å². The van der Waals surface area contributed by atoms with Crippen molar-refractivity contribution in [2.45, 2.75) is 0 Å². The lowest BCUT2D eigenvalue weighted by Crippen LogP contribution is -2.43. The van der Waals surface area contributed by atoms with Crippen molar-refractivity contribution in [3.05, 3.63) is 78.8 Å². The number of fused-ring (bicyclic) bond motifs is 1. The average molecular weight is 323 g/mol. The second-order valence-corrected chi connectivity index (χ2v) is 5.46. The maximum atomic E-state index is 13.2. The Labute approximate surface area is 136 Å². The predicted octanol–water partition coefficient (Wildman–Crippen LogP) is 2.95. The van der Waals surface area contributed by atoms with Gasteiger partial charge in [0.05, 0.1) is 5.56 Å². The fraction of sp³-hybridized carbons (Fsp3) is 0. The fourth-order valence-corrected chi connectivity index (χ4v) is 2.73. The molecule has 0 saturated carbocycles. The summed E-state index contributed by atoms with van der Waals surface area (Å²) < 4.78 is 29.5. The van der Waals surface area contributed by atoms with Crippen molar-refractivity contribution in [3.63, 3.8) is 0 Å². The monoisotopic (exact) mass is 323 g/mol. The van der Waals surface area contributed by atoms with Gasteiger partial charge in [0.15, 0.2) is 0 Å². The van der Waals surface area contributed by atoms with E-state index in [-0.39, 0.29) is 11.6 Å². The Morgan fingerprint density at radius 3 is 2.04 bits per heavy atom. The molecule has 2 N–H and O–H groups in total. The third-order valence-corrected chi connectivity index (χ3v) is 3.90. The van der Waals surface area contributed by atoms with Crippen LogP contribution in [0.15, 0.2) is 67.1 Å². The van der Waals surface area contributed by atoms with Gasteiger partial charge in [-0.2, -0.15) is 0 Å². The van der Waals surface area contributed by atoms with E-state index in [1.165, 1.54) is 35.3 Å². The van der Waals surface area contributed by atoms with E-state index >= 15 is 0 Å². The van der Waals surface area contributed by atoms with Gasteiger partial charge in [0.2, 0.25) is 0 Å². The molecule has 4 rings (SSSR count). The molecule has 2 aromatic heterocycles. The molecule has 0 bridgehead atoms. The minimum Gasteiger partial charge on any atom is -0.289 e. The topological polar surface area (TPSA) is 47.2 Å². The summed E-state index contributed by atoms with van der Waals surface area (Å²) in [7, 11) is 0. The molecule has 0 spiro atoms. The third-order valence-electron chi connectivity index (χ3n) is 3.90. The molecule has 0 aliphatic heterocycles. The Morgan fingerprint density at radius 2 is 1.42 bits per heavy atom. The van der Waals surface area contributed by atoms with Crippen molar-refractivity contribution < 1.29 is 13.5 Å². The van der Waals surface area contributed by atoms with Crippen molar-refractivity contribution >= 4 is 5.65 Å². The van der Waals surface area contributed by atoms with Crippen LogP contribution in [0.4, 0.5) is 8.78 Å². The van der Waals surface area contributed by atoms with Crippen LogP contribution in [0, 0.1) is 11.6 Å². The predicted molar refractivity (Wildman–Crippen MR) is 86.3 cm³/mol. The molecule has 2 aromatic carbocycles. The van der Waals surface area contributed by atoms with Crippen LogP contribution < -0.4 is 10.5 Å². The minimum atomic E-state index is -0.307. The van der Waals surface area contributed by atoms with Gasteiger partial charge in [-0.25, -0.2) is 8.78 Å². The SMILES string of the molecule is N[n+]1cnn2cc(-c3ccc(F)cc3)cc(-c3ccc(F)cc3)c21. The molecular weight excluding hydrogens is 310 g/mol. The molecule has 0 aliphatic rings. The van der Waals surface area contributed by atoms with E-state index in [0.717, 1.165) is 22.3 Å². The summed E-state index contributed by atoms with van der Waals surface area (Å²) in [6.45, 7) is 0. The van der Waals surface area contributed by atoms with E-state index in [4.69, 9.17) is 5.84 Å². The van der Waals surface area contributed by atoms with Crippen molar-refractivity contribution in [2.24, 2.45) is 0 Å². The Morgan fingerprint density at radius 1 is 0.833 bits per heavy atom. The first-order valence-corrected chi connectivity index (χ1v) is 7.32. The third kappa shape index (κ3) is 2.38. The number of rotatable bonds is 2. The van der Waals surface area contributed by atoms with Gasteiger partial charge in [0.1, 0.15) is 17.8 Å². The minimum absolute atomic E-state index is 0.294. The van der Waals surface area contributed by atoms with Crippen molar-refractivity contribution in [3.8, 4) is 22.3 Å². The molecule has 2 heterocycles. The van der Waals surface area contributed by atoms with Crippen LogP contribution in [0.5, 0.6) is 0 Å². The van der Waals surface area contributed by atoms with Gasteiger partial charge in [-0.1, -0.05) is 28.8 Å². The normalized spacial score (nSPS) is 11.1. The van der Waals surface area contributed by atoms with Crippen LogP contribution in [0.25, 0.3) is 27.9 Å². The zero-order valence-electron chi connectivity index (χ0n) is 12.5. The summed E-state index contributed by atoms with van der Waals surface area (Å²) in [5, 5.41) is 4.23. The number of nitrogens with zero attached hydrogens (tertiary/aromatic N) is 3. The van der Waals surface area contributed by atoms with Crippen LogP contribution in [-0.4, -0.2) is 9.61 Å². The first kappa shape index (κ1) is 14.3. The fourth-order valence-electron chi connectivity index (χ4n) is 2.73. The molecule has 4 nitrogen and oxygen atoms in total. The van der Waals surface area contributed by atoms with Crippen LogP contribution in [0.2, 0.25) is 0 Å². The van der Waals surface area contributed by atoms with Gasteiger partial charge in [0, 0.05) is 10.7 Å². The molecule has 0 radical (unpaired) electrons.